The molecule has 2 N–H and O–H groups in total. The fourth-order valence-corrected chi connectivity index (χ4v) is 0.904. The molecule has 10 heavy (non-hydrogen) atoms. The van der Waals surface area contributed by atoms with Crippen LogP contribution in [0.3, 0.4) is 0 Å². The molecule has 0 saturated carbocycles. The lowest BCUT2D eigenvalue weighted by Gasteiger charge is -1.99. The lowest BCUT2D eigenvalue weighted by atomic mass is 10.3. The van der Waals surface area contributed by atoms with Gasteiger partial charge in [-0.1, -0.05) is 0 Å². The van der Waals surface area contributed by atoms with E-state index >= 15 is 0 Å². The van der Waals surface area contributed by atoms with Crippen LogP contribution in [-0.2, 0) is 9.57 Å². The molecule has 2 heterocycles. The molecular formula is C6H8N2O2. The molecule has 2 aliphatic rings. The van der Waals surface area contributed by atoms with Crippen molar-refractivity contribution in [1.82, 2.24) is 10.8 Å². The Bertz CT molecular complexity index is 180. The van der Waals surface area contributed by atoms with Crippen LogP contribution < -0.4 is 10.8 Å². The third-order valence-corrected chi connectivity index (χ3v) is 1.42. The van der Waals surface area contributed by atoms with Gasteiger partial charge in [0, 0.05) is 18.3 Å². The fourth-order valence-electron chi connectivity index (χ4n) is 0.904. The molecule has 0 bridgehead atoms. The summed E-state index contributed by atoms with van der Waals surface area (Å²) < 4.78 is 5.10. The first-order valence-corrected chi connectivity index (χ1v) is 3.12. The van der Waals surface area contributed by atoms with Crippen LogP contribution in [-0.4, -0.2) is 13.2 Å². The molecule has 0 amide bonds. The highest BCUT2D eigenvalue weighted by Gasteiger charge is 2.14. The lowest BCUT2D eigenvalue weighted by molar-refractivity contribution is 0.106. The summed E-state index contributed by atoms with van der Waals surface area (Å²) in [5.74, 6) is 0.796. The van der Waals surface area contributed by atoms with E-state index in [1.54, 1.807) is 12.5 Å². The largest absolute Gasteiger partial charge is 0.447 e. The van der Waals surface area contributed by atoms with Gasteiger partial charge in [-0.3, -0.25) is 4.84 Å². The average molecular weight is 140 g/mol. The van der Waals surface area contributed by atoms with Gasteiger partial charge in [-0.2, -0.15) is 5.48 Å². The number of rotatable bonds is 0. The van der Waals surface area contributed by atoms with E-state index in [9.17, 15) is 0 Å². The van der Waals surface area contributed by atoms with Crippen molar-refractivity contribution in [2.24, 2.45) is 0 Å². The molecule has 1 saturated heterocycles. The van der Waals surface area contributed by atoms with Crippen LogP contribution in [0.1, 0.15) is 0 Å². The van der Waals surface area contributed by atoms with Gasteiger partial charge in [-0.05, 0) is 0 Å². The quantitative estimate of drug-likeness (QED) is 0.490. The van der Waals surface area contributed by atoms with E-state index in [-0.39, 0.29) is 0 Å². The van der Waals surface area contributed by atoms with Crippen molar-refractivity contribution < 1.29 is 9.57 Å². The third-order valence-electron chi connectivity index (χ3n) is 1.42. The summed E-state index contributed by atoms with van der Waals surface area (Å²) in [5.41, 5.74) is 3.86. The molecule has 2 aliphatic heterocycles. The molecule has 54 valence electrons. The predicted molar refractivity (Wildman–Crippen MR) is 34.3 cm³/mol. The molecule has 0 aromatic rings. The Morgan fingerprint density at radius 3 is 3.10 bits per heavy atom. The van der Waals surface area contributed by atoms with Crippen molar-refractivity contribution in [1.29, 1.82) is 0 Å². The summed E-state index contributed by atoms with van der Waals surface area (Å²) in [7, 11) is 0. The van der Waals surface area contributed by atoms with Gasteiger partial charge in [0.15, 0.2) is 5.88 Å². The predicted octanol–water partition coefficient (Wildman–Crippen LogP) is -0.176. The van der Waals surface area contributed by atoms with E-state index in [0.717, 1.165) is 18.0 Å². The number of hydrogen-bond donors (Lipinski definition) is 2. The zero-order chi connectivity index (χ0) is 6.81. The first-order valence-electron chi connectivity index (χ1n) is 3.12. The van der Waals surface area contributed by atoms with Gasteiger partial charge in [0.2, 0.25) is 0 Å². The summed E-state index contributed by atoms with van der Waals surface area (Å²) in [5, 5.41) is 2.96. The van der Waals surface area contributed by atoms with Gasteiger partial charge in [0.05, 0.1) is 6.61 Å². The Morgan fingerprint density at radius 2 is 2.50 bits per heavy atom. The SMILES string of the molecule is C1=COC(=C2CNOC2)N1. The highest BCUT2D eigenvalue weighted by Crippen LogP contribution is 2.10. The first kappa shape index (κ1) is 5.76. The number of nitrogens with one attached hydrogen (secondary N) is 2. The molecule has 0 atom stereocenters. The van der Waals surface area contributed by atoms with Crippen LogP contribution in [0.2, 0.25) is 0 Å². The van der Waals surface area contributed by atoms with Crippen molar-refractivity contribution >= 4 is 0 Å². The van der Waals surface area contributed by atoms with Crippen LogP contribution in [0.15, 0.2) is 23.9 Å². The summed E-state index contributed by atoms with van der Waals surface area (Å²) in [6.07, 6.45) is 3.36. The second kappa shape index (κ2) is 2.32. The average Bonchev–Trinajstić information content (AvgIpc) is 2.59. The molecular weight excluding hydrogens is 132 g/mol. The van der Waals surface area contributed by atoms with Gasteiger partial charge < -0.3 is 10.1 Å². The minimum Gasteiger partial charge on any atom is -0.447 e. The van der Waals surface area contributed by atoms with Crippen LogP contribution in [0.25, 0.3) is 0 Å². The number of hydroxylamine groups is 1. The van der Waals surface area contributed by atoms with Crippen LogP contribution >= 0.6 is 0 Å². The summed E-state index contributed by atoms with van der Waals surface area (Å²) >= 11 is 0. The second-order valence-electron chi connectivity index (χ2n) is 2.11. The summed E-state index contributed by atoms with van der Waals surface area (Å²) in [4.78, 5) is 4.91. The van der Waals surface area contributed by atoms with E-state index < -0.39 is 0 Å². The zero-order valence-electron chi connectivity index (χ0n) is 5.39. The van der Waals surface area contributed by atoms with E-state index in [1.807, 2.05) is 0 Å². The third kappa shape index (κ3) is 0.872. The fraction of sp³-hybridized carbons (Fsp3) is 0.333. The summed E-state index contributed by atoms with van der Waals surface area (Å²) in [6.45, 7) is 1.34. The Morgan fingerprint density at radius 1 is 1.50 bits per heavy atom. The van der Waals surface area contributed by atoms with Gasteiger partial charge in [-0.25, -0.2) is 0 Å². The monoisotopic (exact) mass is 140 g/mol. The maximum atomic E-state index is 5.10. The summed E-state index contributed by atoms with van der Waals surface area (Å²) in [6, 6.07) is 0. The standard InChI is InChI=1S/C6H8N2O2/c1-2-9-6(7-1)5-3-8-10-4-5/h1-2,7-8H,3-4H2. The molecule has 0 aromatic heterocycles. The molecule has 0 aromatic carbocycles. The normalized spacial score (nSPS) is 30.4. The second-order valence-corrected chi connectivity index (χ2v) is 2.11. The van der Waals surface area contributed by atoms with Crippen molar-refractivity contribution in [2.75, 3.05) is 13.2 Å². The molecule has 0 unspecified atom stereocenters. The van der Waals surface area contributed by atoms with Gasteiger partial charge in [0.25, 0.3) is 0 Å². The minimum atomic E-state index is 0.601. The lowest BCUT2D eigenvalue weighted by Crippen LogP contribution is -2.08. The van der Waals surface area contributed by atoms with Crippen molar-refractivity contribution in [3.8, 4) is 0 Å². The van der Waals surface area contributed by atoms with Crippen LogP contribution in [0, 0.1) is 0 Å². The molecule has 0 radical (unpaired) electrons. The number of ether oxygens (including phenoxy) is 1. The first-order chi connectivity index (χ1) is 4.97. The topological polar surface area (TPSA) is 42.5 Å². The molecule has 2 rings (SSSR count). The van der Waals surface area contributed by atoms with E-state index in [4.69, 9.17) is 9.57 Å². The molecule has 4 nitrogen and oxygen atoms in total. The van der Waals surface area contributed by atoms with E-state index in [2.05, 4.69) is 10.8 Å². The maximum Gasteiger partial charge on any atom is 0.199 e. The van der Waals surface area contributed by atoms with Gasteiger partial charge >= 0.3 is 0 Å². The van der Waals surface area contributed by atoms with Crippen LogP contribution in [0.4, 0.5) is 0 Å². The maximum absolute atomic E-state index is 5.10. The molecule has 4 heteroatoms. The van der Waals surface area contributed by atoms with Crippen molar-refractivity contribution in [3.63, 3.8) is 0 Å². The Hall–Kier alpha value is -1.00. The smallest absolute Gasteiger partial charge is 0.199 e. The zero-order valence-corrected chi connectivity index (χ0v) is 5.39. The van der Waals surface area contributed by atoms with Crippen LogP contribution in [0.5, 0.6) is 0 Å². The minimum absolute atomic E-state index is 0.601. The number of hydrogen-bond acceptors (Lipinski definition) is 4. The molecule has 0 aliphatic carbocycles. The van der Waals surface area contributed by atoms with Crippen molar-refractivity contribution in [2.45, 2.75) is 0 Å². The Labute approximate surface area is 58.5 Å². The Balaban J connectivity index is 2.12. The highest BCUT2D eigenvalue weighted by atomic mass is 16.7. The highest BCUT2D eigenvalue weighted by molar-refractivity contribution is 5.16. The van der Waals surface area contributed by atoms with Gasteiger partial charge in [0.1, 0.15) is 6.26 Å². The molecule has 0 spiro atoms. The Kier molecular flexibility index (Phi) is 1.34. The van der Waals surface area contributed by atoms with Crippen molar-refractivity contribution in [3.05, 3.63) is 23.9 Å². The molecule has 1 fully saturated rings. The van der Waals surface area contributed by atoms with Gasteiger partial charge in [-0.15, -0.1) is 0 Å². The van der Waals surface area contributed by atoms with E-state index in [0.29, 0.717) is 6.61 Å². The van der Waals surface area contributed by atoms with E-state index in [1.165, 1.54) is 0 Å².